The van der Waals surface area contributed by atoms with Crippen LogP contribution in [0, 0.1) is 11.8 Å². The Morgan fingerprint density at radius 1 is 1.06 bits per heavy atom. The van der Waals surface area contributed by atoms with E-state index in [2.05, 4.69) is 5.32 Å². The summed E-state index contributed by atoms with van der Waals surface area (Å²) in [5.41, 5.74) is 1.81. The largest absolute Gasteiger partial charge is 0.481 e. The SMILES string of the molecule is CCOC(=O)c1c(-c2cccc3ccccc23)csc1NC(=O)[C@H]1[C@H](C(=O)O)[C@H]2CC[C@H]1O2. The maximum Gasteiger partial charge on any atom is 0.341 e. The van der Waals surface area contributed by atoms with E-state index in [0.29, 0.717) is 23.4 Å². The lowest BCUT2D eigenvalue weighted by atomic mass is 9.78. The molecule has 2 bridgehead atoms. The van der Waals surface area contributed by atoms with E-state index in [0.717, 1.165) is 16.3 Å². The van der Waals surface area contributed by atoms with Crippen LogP contribution in [0.15, 0.2) is 47.8 Å². The van der Waals surface area contributed by atoms with Crippen molar-refractivity contribution in [3.05, 3.63) is 53.4 Å². The topological polar surface area (TPSA) is 102 Å². The average molecular weight is 466 g/mol. The van der Waals surface area contributed by atoms with Gasteiger partial charge < -0.3 is 19.9 Å². The van der Waals surface area contributed by atoms with Gasteiger partial charge in [0, 0.05) is 10.9 Å². The number of hydrogen-bond acceptors (Lipinski definition) is 6. The van der Waals surface area contributed by atoms with E-state index in [1.54, 1.807) is 6.92 Å². The van der Waals surface area contributed by atoms with Gasteiger partial charge in [0.05, 0.1) is 30.7 Å². The summed E-state index contributed by atoms with van der Waals surface area (Å²) < 4.78 is 11.0. The van der Waals surface area contributed by atoms with Crippen molar-refractivity contribution in [3.63, 3.8) is 0 Å². The molecule has 2 aliphatic rings. The number of esters is 1. The number of carbonyl (C=O) groups is 3. The third-order valence-corrected chi connectivity index (χ3v) is 7.34. The Morgan fingerprint density at radius 3 is 2.55 bits per heavy atom. The molecular formula is C25H23NO6S. The van der Waals surface area contributed by atoms with Gasteiger partial charge in [-0.25, -0.2) is 4.79 Å². The Labute approximate surface area is 194 Å². The lowest BCUT2D eigenvalue weighted by Crippen LogP contribution is -2.41. The van der Waals surface area contributed by atoms with Crippen molar-refractivity contribution >= 4 is 45.0 Å². The molecule has 7 nitrogen and oxygen atoms in total. The minimum Gasteiger partial charge on any atom is -0.481 e. The molecule has 2 fully saturated rings. The highest BCUT2D eigenvalue weighted by atomic mass is 32.1. The fourth-order valence-electron chi connectivity index (χ4n) is 5.03. The number of carboxylic acids is 1. The highest BCUT2D eigenvalue weighted by Gasteiger charge is 2.55. The van der Waals surface area contributed by atoms with E-state index < -0.39 is 41.9 Å². The molecule has 0 unspecified atom stereocenters. The first kappa shape index (κ1) is 21.6. The predicted molar refractivity (Wildman–Crippen MR) is 124 cm³/mol. The zero-order valence-corrected chi connectivity index (χ0v) is 18.8. The highest BCUT2D eigenvalue weighted by Crippen LogP contribution is 2.45. The van der Waals surface area contributed by atoms with Crippen LogP contribution in [0.5, 0.6) is 0 Å². The summed E-state index contributed by atoms with van der Waals surface area (Å²) >= 11 is 1.23. The first-order valence-corrected chi connectivity index (χ1v) is 11.8. The molecule has 5 rings (SSSR count). The fraction of sp³-hybridized carbons (Fsp3) is 0.320. The first-order valence-electron chi connectivity index (χ1n) is 11.0. The number of amides is 1. The monoisotopic (exact) mass is 465 g/mol. The van der Waals surface area contributed by atoms with Gasteiger partial charge in [-0.3, -0.25) is 9.59 Å². The summed E-state index contributed by atoms with van der Waals surface area (Å²) in [7, 11) is 0. The number of benzene rings is 2. The van der Waals surface area contributed by atoms with Gasteiger partial charge in [-0.1, -0.05) is 42.5 Å². The molecule has 4 atom stereocenters. The Hall–Kier alpha value is -3.23. The number of hydrogen-bond donors (Lipinski definition) is 2. The predicted octanol–water partition coefficient (Wildman–Crippen LogP) is 4.56. The van der Waals surface area contributed by atoms with E-state index in [1.165, 1.54) is 11.3 Å². The van der Waals surface area contributed by atoms with Gasteiger partial charge in [0.15, 0.2) is 0 Å². The summed E-state index contributed by atoms with van der Waals surface area (Å²) in [5.74, 6) is -3.68. The van der Waals surface area contributed by atoms with Crippen LogP contribution in [0.2, 0.25) is 0 Å². The lowest BCUT2D eigenvalue weighted by molar-refractivity contribution is -0.147. The molecule has 2 N–H and O–H groups in total. The number of nitrogens with one attached hydrogen (secondary N) is 1. The van der Waals surface area contributed by atoms with Gasteiger partial charge in [0.1, 0.15) is 10.6 Å². The number of rotatable bonds is 6. The molecule has 0 spiro atoms. The van der Waals surface area contributed by atoms with E-state index in [4.69, 9.17) is 9.47 Å². The molecule has 0 aliphatic carbocycles. The molecule has 2 aliphatic heterocycles. The second-order valence-electron chi connectivity index (χ2n) is 8.27. The molecule has 8 heteroatoms. The van der Waals surface area contributed by atoms with E-state index >= 15 is 0 Å². The minimum absolute atomic E-state index is 0.193. The molecule has 1 amide bonds. The number of carboxylic acid groups (broad SMARTS) is 1. The zero-order valence-electron chi connectivity index (χ0n) is 17.9. The van der Waals surface area contributed by atoms with Crippen molar-refractivity contribution in [2.75, 3.05) is 11.9 Å². The normalized spacial score (nSPS) is 23.5. The number of carbonyl (C=O) groups excluding carboxylic acids is 2. The molecule has 3 heterocycles. The van der Waals surface area contributed by atoms with Crippen LogP contribution in [-0.2, 0) is 19.1 Å². The van der Waals surface area contributed by atoms with E-state index in [1.807, 2.05) is 47.8 Å². The standard InChI is InChI=1S/C25H23NO6S/c1-2-31-25(30)19-16(15-9-5-7-13-6-3-4-8-14(13)15)12-33-23(19)26-22(27)20-17-10-11-18(32-17)21(20)24(28)29/h3-9,12,17-18,20-21H,2,10-11H2,1H3,(H,26,27)(H,28,29)/t17-,18-,20-,21-/m1/s1. The Balaban J connectivity index is 1.53. The van der Waals surface area contributed by atoms with E-state index in [-0.39, 0.29) is 12.2 Å². The number of anilines is 1. The van der Waals surface area contributed by atoms with Gasteiger partial charge in [0.25, 0.3) is 0 Å². The van der Waals surface area contributed by atoms with Crippen LogP contribution in [0.25, 0.3) is 21.9 Å². The fourth-order valence-corrected chi connectivity index (χ4v) is 5.99. The van der Waals surface area contributed by atoms with Crippen LogP contribution in [0.1, 0.15) is 30.1 Å². The van der Waals surface area contributed by atoms with Gasteiger partial charge >= 0.3 is 11.9 Å². The minimum atomic E-state index is -1.03. The van der Waals surface area contributed by atoms with Crippen LogP contribution in [0.3, 0.4) is 0 Å². The second kappa shape index (κ2) is 8.61. The molecule has 1 aromatic heterocycles. The van der Waals surface area contributed by atoms with E-state index in [9.17, 15) is 19.5 Å². The van der Waals surface area contributed by atoms with Gasteiger partial charge in [-0.05, 0) is 36.1 Å². The smallest absolute Gasteiger partial charge is 0.341 e. The average Bonchev–Trinajstić information content (AvgIpc) is 3.53. The van der Waals surface area contributed by atoms with Crippen molar-refractivity contribution in [1.29, 1.82) is 0 Å². The molecular weight excluding hydrogens is 442 g/mol. The third kappa shape index (κ3) is 3.69. The maximum absolute atomic E-state index is 13.2. The Bertz CT molecular complexity index is 1250. The molecule has 170 valence electrons. The number of ether oxygens (including phenoxy) is 2. The van der Waals surface area contributed by atoms with Crippen LogP contribution >= 0.6 is 11.3 Å². The summed E-state index contributed by atoms with van der Waals surface area (Å²) in [6, 6.07) is 13.7. The zero-order chi connectivity index (χ0) is 23.1. The number of fused-ring (bicyclic) bond motifs is 3. The Morgan fingerprint density at radius 2 is 1.79 bits per heavy atom. The summed E-state index contributed by atoms with van der Waals surface area (Å²) in [6.45, 7) is 1.92. The number of aliphatic carboxylic acids is 1. The van der Waals surface area contributed by atoms with Gasteiger partial charge in [0.2, 0.25) is 5.91 Å². The lowest BCUT2D eigenvalue weighted by Gasteiger charge is -2.23. The van der Waals surface area contributed by atoms with Gasteiger partial charge in [-0.2, -0.15) is 0 Å². The summed E-state index contributed by atoms with van der Waals surface area (Å²) in [5, 5.41) is 16.7. The van der Waals surface area contributed by atoms with Crippen LogP contribution in [0.4, 0.5) is 5.00 Å². The molecule has 2 saturated heterocycles. The van der Waals surface area contributed by atoms with Crippen molar-refractivity contribution in [3.8, 4) is 11.1 Å². The van der Waals surface area contributed by atoms with Gasteiger partial charge in [-0.15, -0.1) is 11.3 Å². The highest BCUT2D eigenvalue weighted by molar-refractivity contribution is 7.15. The second-order valence-corrected chi connectivity index (χ2v) is 9.15. The first-order chi connectivity index (χ1) is 16.0. The molecule has 2 aromatic carbocycles. The van der Waals surface area contributed by atoms with Crippen LogP contribution < -0.4 is 5.32 Å². The quantitative estimate of drug-likeness (QED) is 0.518. The van der Waals surface area contributed by atoms with Crippen molar-refractivity contribution < 1.29 is 29.0 Å². The number of thiophene rings is 1. The Kier molecular flexibility index (Phi) is 5.64. The molecule has 0 saturated carbocycles. The summed E-state index contributed by atoms with van der Waals surface area (Å²) in [6.07, 6.45) is 0.439. The molecule has 33 heavy (non-hydrogen) atoms. The van der Waals surface area contributed by atoms with Crippen molar-refractivity contribution in [2.45, 2.75) is 32.0 Å². The molecule has 0 radical (unpaired) electrons. The summed E-state index contributed by atoms with van der Waals surface area (Å²) in [4.78, 5) is 38.0. The van der Waals surface area contributed by atoms with Crippen molar-refractivity contribution in [2.24, 2.45) is 11.8 Å². The third-order valence-electron chi connectivity index (χ3n) is 6.45. The van der Waals surface area contributed by atoms with Crippen molar-refractivity contribution in [1.82, 2.24) is 0 Å². The maximum atomic E-state index is 13.2. The molecule has 3 aromatic rings. The van der Waals surface area contributed by atoms with Crippen LogP contribution in [-0.4, -0.2) is 41.8 Å².